The fourth-order valence-corrected chi connectivity index (χ4v) is 1.38. The lowest BCUT2D eigenvalue weighted by atomic mass is 10.4. The van der Waals surface area contributed by atoms with Crippen LogP contribution in [0.3, 0.4) is 0 Å². The zero-order valence-electron chi connectivity index (χ0n) is 10.6. The first-order valence-corrected chi connectivity index (χ1v) is 5.60. The molecule has 0 aromatic rings. The smallest absolute Gasteiger partial charge is 0.336 e. The fraction of sp³-hybridized carbons (Fsp3) is 0.545. The second-order valence-electron chi connectivity index (χ2n) is 4.00. The number of carbonyl (C=O) groups excluding carboxylic acids is 3. The van der Waals surface area contributed by atoms with Gasteiger partial charge in [0.05, 0.1) is 6.54 Å². The molecule has 1 saturated heterocycles. The van der Waals surface area contributed by atoms with E-state index in [2.05, 4.69) is 11.9 Å². The molecule has 3 amide bonds. The summed E-state index contributed by atoms with van der Waals surface area (Å²) in [4.78, 5) is 40.3. The molecule has 0 aromatic carbocycles. The molecule has 0 spiro atoms. The van der Waals surface area contributed by atoms with Crippen LogP contribution in [0.2, 0.25) is 0 Å². The minimum atomic E-state index is -0.656. The van der Waals surface area contributed by atoms with Gasteiger partial charge >= 0.3 is 12.0 Å². The third kappa shape index (κ3) is 3.76. The highest BCUT2D eigenvalue weighted by Crippen LogP contribution is 2.01. The lowest BCUT2D eigenvalue weighted by molar-refractivity contribution is -0.193. The van der Waals surface area contributed by atoms with E-state index in [0.29, 0.717) is 19.6 Å². The van der Waals surface area contributed by atoms with Crippen LogP contribution in [0.15, 0.2) is 12.2 Å². The molecule has 0 radical (unpaired) electrons. The number of carbonyl (C=O) groups is 3. The maximum atomic E-state index is 11.3. The Balaban J connectivity index is 2.48. The van der Waals surface area contributed by atoms with Gasteiger partial charge in [0, 0.05) is 32.1 Å². The zero-order chi connectivity index (χ0) is 13.7. The van der Waals surface area contributed by atoms with E-state index in [4.69, 9.17) is 4.84 Å². The molecule has 0 atom stereocenters. The number of hydrogen-bond acceptors (Lipinski definition) is 4. The van der Waals surface area contributed by atoms with E-state index in [-0.39, 0.29) is 18.1 Å². The molecule has 0 unspecified atom stereocenters. The molecule has 1 N–H and O–H groups in total. The van der Waals surface area contributed by atoms with Crippen LogP contribution in [0.5, 0.6) is 0 Å². The maximum absolute atomic E-state index is 11.3. The zero-order valence-corrected chi connectivity index (χ0v) is 10.6. The van der Waals surface area contributed by atoms with Gasteiger partial charge in [0.15, 0.2) is 0 Å². The van der Waals surface area contributed by atoms with E-state index in [9.17, 15) is 14.4 Å². The number of hydroxylamine groups is 2. The molecule has 1 heterocycles. The third-order valence-electron chi connectivity index (χ3n) is 2.41. The summed E-state index contributed by atoms with van der Waals surface area (Å²) in [6.07, 6.45) is 0. The standard InChI is InChI=1S/C11H17N3O4/c1-8(2)10(16)18-14(9(3)15)7-6-13-5-4-12-11(13)17/h1,4-7H2,2-3H3,(H,12,17). The molecule has 1 aliphatic heterocycles. The topological polar surface area (TPSA) is 79.0 Å². The highest BCUT2D eigenvalue weighted by Gasteiger charge is 2.22. The molecular formula is C11H17N3O4. The van der Waals surface area contributed by atoms with Crippen LogP contribution in [-0.4, -0.2) is 54.0 Å². The van der Waals surface area contributed by atoms with Crippen LogP contribution in [0.25, 0.3) is 0 Å². The Morgan fingerprint density at radius 1 is 1.50 bits per heavy atom. The fourth-order valence-electron chi connectivity index (χ4n) is 1.38. The van der Waals surface area contributed by atoms with E-state index in [0.717, 1.165) is 5.06 Å². The highest BCUT2D eigenvalue weighted by atomic mass is 16.7. The molecule has 100 valence electrons. The van der Waals surface area contributed by atoms with Gasteiger partial charge in [0.25, 0.3) is 5.91 Å². The summed E-state index contributed by atoms with van der Waals surface area (Å²) in [6, 6.07) is -0.176. The maximum Gasteiger partial charge on any atom is 0.358 e. The van der Waals surface area contributed by atoms with Crippen LogP contribution >= 0.6 is 0 Å². The first-order chi connectivity index (χ1) is 8.41. The summed E-state index contributed by atoms with van der Waals surface area (Å²) in [5.74, 6) is -1.06. The molecule has 0 aromatic heterocycles. The lowest BCUT2D eigenvalue weighted by Gasteiger charge is -2.22. The second kappa shape index (κ2) is 6.04. The summed E-state index contributed by atoms with van der Waals surface area (Å²) >= 11 is 0. The van der Waals surface area contributed by atoms with Crippen molar-refractivity contribution in [2.75, 3.05) is 26.2 Å². The van der Waals surface area contributed by atoms with E-state index >= 15 is 0 Å². The molecular weight excluding hydrogens is 238 g/mol. The van der Waals surface area contributed by atoms with Crippen molar-refractivity contribution in [3.63, 3.8) is 0 Å². The third-order valence-corrected chi connectivity index (χ3v) is 2.41. The molecule has 7 nitrogen and oxygen atoms in total. The molecule has 18 heavy (non-hydrogen) atoms. The van der Waals surface area contributed by atoms with Crippen LogP contribution in [-0.2, 0) is 14.4 Å². The van der Waals surface area contributed by atoms with Gasteiger partial charge in [0.1, 0.15) is 0 Å². The summed E-state index contributed by atoms with van der Waals surface area (Å²) in [5.41, 5.74) is 0.208. The van der Waals surface area contributed by atoms with Crippen molar-refractivity contribution in [2.24, 2.45) is 0 Å². The average Bonchev–Trinajstić information content (AvgIpc) is 2.69. The largest absolute Gasteiger partial charge is 0.358 e. The number of amides is 3. The Kier molecular flexibility index (Phi) is 4.70. The van der Waals surface area contributed by atoms with Gasteiger partial charge in [-0.1, -0.05) is 6.58 Å². The second-order valence-corrected chi connectivity index (χ2v) is 4.00. The normalized spacial score (nSPS) is 14.1. The SMILES string of the molecule is C=C(C)C(=O)ON(CCN1CCNC1=O)C(C)=O. The first kappa shape index (κ1) is 14.0. The number of hydrogen-bond donors (Lipinski definition) is 1. The van der Waals surface area contributed by atoms with E-state index in [1.807, 2.05) is 0 Å². The molecule has 0 bridgehead atoms. The van der Waals surface area contributed by atoms with Crippen LogP contribution < -0.4 is 5.32 Å². The van der Waals surface area contributed by atoms with Crippen LogP contribution in [0.1, 0.15) is 13.8 Å². The summed E-state index contributed by atoms with van der Waals surface area (Å²) < 4.78 is 0. The molecule has 1 rings (SSSR count). The number of rotatable bonds is 4. The Morgan fingerprint density at radius 2 is 2.17 bits per heavy atom. The van der Waals surface area contributed by atoms with Crippen molar-refractivity contribution in [1.82, 2.24) is 15.3 Å². The summed E-state index contributed by atoms with van der Waals surface area (Å²) in [7, 11) is 0. The van der Waals surface area contributed by atoms with Crippen LogP contribution in [0.4, 0.5) is 4.79 Å². The quantitative estimate of drug-likeness (QED) is 0.561. The molecule has 0 aliphatic carbocycles. The number of nitrogens with zero attached hydrogens (tertiary/aromatic N) is 2. The van der Waals surface area contributed by atoms with E-state index in [1.54, 1.807) is 4.90 Å². The monoisotopic (exact) mass is 255 g/mol. The average molecular weight is 255 g/mol. The number of nitrogens with one attached hydrogen (secondary N) is 1. The summed E-state index contributed by atoms with van der Waals surface area (Å²) in [6.45, 7) is 7.84. The Hall–Kier alpha value is -2.05. The van der Waals surface area contributed by atoms with Crippen molar-refractivity contribution in [2.45, 2.75) is 13.8 Å². The van der Waals surface area contributed by atoms with Crippen molar-refractivity contribution < 1.29 is 19.2 Å². The highest BCUT2D eigenvalue weighted by molar-refractivity contribution is 5.88. The molecule has 7 heteroatoms. The number of urea groups is 1. The van der Waals surface area contributed by atoms with Gasteiger partial charge < -0.3 is 15.1 Å². The lowest BCUT2D eigenvalue weighted by Crippen LogP contribution is -2.40. The minimum absolute atomic E-state index is 0.141. The minimum Gasteiger partial charge on any atom is -0.336 e. The molecule has 1 aliphatic rings. The molecule has 0 saturated carbocycles. The van der Waals surface area contributed by atoms with Gasteiger partial charge in [-0.05, 0) is 6.92 Å². The van der Waals surface area contributed by atoms with Crippen molar-refractivity contribution >= 4 is 17.9 Å². The summed E-state index contributed by atoms with van der Waals surface area (Å²) in [5, 5.41) is 3.58. The van der Waals surface area contributed by atoms with E-state index in [1.165, 1.54) is 13.8 Å². The van der Waals surface area contributed by atoms with Gasteiger partial charge in [-0.2, -0.15) is 5.06 Å². The van der Waals surface area contributed by atoms with Crippen molar-refractivity contribution in [3.8, 4) is 0 Å². The van der Waals surface area contributed by atoms with Gasteiger partial charge in [-0.15, -0.1) is 0 Å². The Labute approximate surface area is 105 Å². The van der Waals surface area contributed by atoms with Gasteiger partial charge in [0.2, 0.25) is 0 Å². The van der Waals surface area contributed by atoms with Gasteiger partial charge in [-0.25, -0.2) is 9.59 Å². The Morgan fingerprint density at radius 3 is 2.61 bits per heavy atom. The predicted molar refractivity (Wildman–Crippen MR) is 63.3 cm³/mol. The van der Waals surface area contributed by atoms with E-state index < -0.39 is 11.9 Å². The predicted octanol–water partition coefficient (Wildman–Crippen LogP) is -0.106. The molecule has 1 fully saturated rings. The van der Waals surface area contributed by atoms with Gasteiger partial charge in [-0.3, -0.25) is 4.79 Å². The van der Waals surface area contributed by atoms with Crippen molar-refractivity contribution in [1.29, 1.82) is 0 Å². The van der Waals surface area contributed by atoms with Crippen molar-refractivity contribution in [3.05, 3.63) is 12.2 Å². The first-order valence-electron chi connectivity index (χ1n) is 5.60. The Bertz CT molecular complexity index is 380. The van der Waals surface area contributed by atoms with Crippen LogP contribution in [0, 0.1) is 0 Å².